The minimum atomic E-state index is -4.50. The van der Waals surface area contributed by atoms with Gasteiger partial charge in [-0.1, -0.05) is 25.1 Å². The Hall–Kier alpha value is -3.23. The summed E-state index contributed by atoms with van der Waals surface area (Å²) in [5.74, 6) is -0.319. The van der Waals surface area contributed by atoms with Gasteiger partial charge in [0.1, 0.15) is 5.75 Å². The Bertz CT molecular complexity index is 918. The van der Waals surface area contributed by atoms with Crippen molar-refractivity contribution in [3.05, 3.63) is 54.1 Å². The third kappa shape index (κ3) is 5.22. The number of hydrogen-bond donors (Lipinski definition) is 2. The minimum Gasteiger partial charge on any atom is -0.477 e. The second-order valence-corrected chi connectivity index (χ2v) is 6.87. The van der Waals surface area contributed by atoms with E-state index >= 15 is 0 Å². The minimum absolute atomic E-state index is 0.0496. The van der Waals surface area contributed by atoms with Gasteiger partial charge in [0.15, 0.2) is 6.10 Å². The van der Waals surface area contributed by atoms with Crippen LogP contribution in [0, 0.1) is 0 Å². The van der Waals surface area contributed by atoms with Crippen LogP contribution in [0.3, 0.4) is 0 Å². The molecule has 0 aliphatic carbocycles. The normalized spacial score (nSPS) is 15.7. The predicted octanol–water partition coefficient (Wildman–Crippen LogP) is 3.44. The zero-order valence-electron chi connectivity index (χ0n) is 16.3. The quantitative estimate of drug-likeness (QED) is 0.750. The largest absolute Gasteiger partial charge is 0.477 e. The van der Waals surface area contributed by atoms with Gasteiger partial charge in [-0.3, -0.25) is 9.59 Å². The van der Waals surface area contributed by atoms with E-state index in [9.17, 15) is 22.8 Å². The van der Waals surface area contributed by atoms with E-state index in [4.69, 9.17) is 4.74 Å². The zero-order valence-corrected chi connectivity index (χ0v) is 16.3. The monoisotopic (exact) mass is 421 g/mol. The number of ether oxygens (including phenoxy) is 1. The molecule has 1 aliphatic heterocycles. The molecule has 0 fully saturated rings. The molecule has 0 spiro atoms. The molecular weight excluding hydrogens is 399 g/mol. The SMILES string of the molecule is CCCNC(=O)[C@@H]1CN(CC(=O)Nc2cccc(C(F)(F)F)c2)c2ccccc2O1. The molecule has 1 aliphatic rings. The van der Waals surface area contributed by atoms with Crippen LogP contribution in [-0.4, -0.2) is 37.6 Å². The van der Waals surface area contributed by atoms with Gasteiger partial charge in [-0.15, -0.1) is 0 Å². The number of rotatable bonds is 6. The summed E-state index contributed by atoms with van der Waals surface area (Å²) in [5.41, 5.74) is -0.158. The Kier molecular flexibility index (Phi) is 6.49. The Morgan fingerprint density at radius 3 is 2.67 bits per heavy atom. The van der Waals surface area contributed by atoms with Crippen molar-refractivity contribution >= 4 is 23.2 Å². The maximum Gasteiger partial charge on any atom is 0.416 e. The third-order valence-electron chi connectivity index (χ3n) is 4.51. The Labute approximate surface area is 172 Å². The third-order valence-corrected chi connectivity index (χ3v) is 4.51. The zero-order chi connectivity index (χ0) is 21.7. The van der Waals surface area contributed by atoms with Crippen molar-refractivity contribution in [3.8, 4) is 5.75 Å². The summed E-state index contributed by atoms with van der Waals surface area (Å²) in [6.45, 7) is 2.44. The molecule has 2 N–H and O–H groups in total. The first-order valence-corrected chi connectivity index (χ1v) is 9.53. The number of amides is 2. The number of benzene rings is 2. The van der Waals surface area contributed by atoms with Gasteiger partial charge in [0.25, 0.3) is 5.91 Å². The van der Waals surface area contributed by atoms with E-state index in [1.807, 2.05) is 6.92 Å². The lowest BCUT2D eigenvalue weighted by molar-refractivity contribution is -0.137. The van der Waals surface area contributed by atoms with Crippen LogP contribution in [0.25, 0.3) is 0 Å². The van der Waals surface area contributed by atoms with Crippen molar-refractivity contribution in [1.29, 1.82) is 0 Å². The predicted molar refractivity (Wildman–Crippen MR) is 106 cm³/mol. The molecule has 160 valence electrons. The maximum absolute atomic E-state index is 12.9. The Morgan fingerprint density at radius 1 is 1.17 bits per heavy atom. The Balaban J connectivity index is 1.72. The number of carbonyl (C=O) groups is 2. The molecule has 0 saturated carbocycles. The van der Waals surface area contributed by atoms with Crippen molar-refractivity contribution in [3.63, 3.8) is 0 Å². The number of fused-ring (bicyclic) bond motifs is 1. The molecule has 30 heavy (non-hydrogen) atoms. The summed E-state index contributed by atoms with van der Waals surface area (Å²) in [6.07, 6.45) is -4.52. The summed E-state index contributed by atoms with van der Waals surface area (Å²) in [4.78, 5) is 26.6. The number of para-hydroxylation sites is 2. The molecule has 9 heteroatoms. The van der Waals surface area contributed by atoms with Gasteiger partial charge in [-0.25, -0.2) is 0 Å². The van der Waals surface area contributed by atoms with E-state index in [0.717, 1.165) is 18.6 Å². The fourth-order valence-corrected chi connectivity index (χ4v) is 3.10. The summed E-state index contributed by atoms with van der Waals surface area (Å²) >= 11 is 0. The van der Waals surface area contributed by atoms with E-state index < -0.39 is 23.8 Å². The lowest BCUT2D eigenvalue weighted by Crippen LogP contribution is -2.50. The van der Waals surface area contributed by atoms with Crippen LogP contribution < -0.4 is 20.3 Å². The van der Waals surface area contributed by atoms with Crippen molar-refractivity contribution < 1.29 is 27.5 Å². The number of alkyl halides is 3. The fraction of sp³-hybridized carbons (Fsp3) is 0.333. The van der Waals surface area contributed by atoms with E-state index in [1.165, 1.54) is 12.1 Å². The van der Waals surface area contributed by atoms with Gasteiger partial charge in [-0.05, 0) is 36.8 Å². The second kappa shape index (κ2) is 9.06. The standard InChI is InChI=1S/C21H22F3N3O3/c1-2-10-25-20(29)18-12-27(16-8-3-4-9-17(16)30-18)13-19(28)26-15-7-5-6-14(11-15)21(22,23)24/h3-9,11,18H,2,10,12-13H2,1H3,(H,25,29)(H,26,28)/t18-/m0/s1. The molecule has 0 unspecified atom stereocenters. The molecule has 0 aromatic heterocycles. The molecule has 6 nitrogen and oxygen atoms in total. The fourth-order valence-electron chi connectivity index (χ4n) is 3.10. The van der Waals surface area contributed by atoms with Crippen LogP contribution in [0.4, 0.5) is 24.5 Å². The Morgan fingerprint density at radius 2 is 1.93 bits per heavy atom. The molecule has 1 atom stereocenters. The van der Waals surface area contributed by atoms with Crippen LogP contribution in [0.15, 0.2) is 48.5 Å². The highest BCUT2D eigenvalue weighted by atomic mass is 19.4. The van der Waals surface area contributed by atoms with Crippen LogP contribution in [0.1, 0.15) is 18.9 Å². The highest BCUT2D eigenvalue weighted by molar-refractivity contribution is 5.95. The van der Waals surface area contributed by atoms with Crippen LogP contribution >= 0.6 is 0 Å². The summed E-state index contributed by atoms with van der Waals surface area (Å²) in [5, 5.41) is 5.26. The van der Waals surface area contributed by atoms with Crippen molar-refractivity contribution in [2.45, 2.75) is 25.6 Å². The molecule has 1 heterocycles. The first kappa shape index (κ1) is 21.5. The van der Waals surface area contributed by atoms with Crippen molar-refractivity contribution in [1.82, 2.24) is 5.32 Å². The van der Waals surface area contributed by atoms with Crippen LogP contribution in [0.5, 0.6) is 5.75 Å². The van der Waals surface area contributed by atoms with Crippen LogP contribution in [-0.2, 0) is 15.8 Å². The average molecular weight is 421 g/mol. The first-order valence-electron chi connectivity index (χ1n) is 9.53. The molecular formula is C21H22F3N3O3. The molecule has 0 bridgehead atoms. The molecule has 2 aromatic rings. The van der Waals surface area contributed by atoms with Crippen molar-refractivity contribution in [2.24, 2.45) is 0 Å². The molecule has 0 radical (unpaired) electrons. The van der Waals surface area contributed by atoms with Gasteiger partial charge in [0, 0.05) is 12.2 Å². The lowest BCUT2D eigenvalue weighted by Gasteiger charge is -2.35. The van der Waals surface area contributed by atoms with Crippen LogP contribution in [0.2, 0.25) is 0 Å². The van der Waals surface area contributed by atoms with E-state index in [2.05, 4.69) is 10.6 Å². The summed E-state index contributed by atoms with van der Waals surface area (Å²) in [7, 11) is 0. The van der Waals surface area contributed by atoms with Gasteiger partial charge in [-0.2, -0.15) is 13.2 Å². The van der Waals surface area contributed by atoms with Gasteiger partial charge in [0.05, 0.1) is 24.3 Å². The summed E-state index contributed by atoms with van der Waals surface area (Å²) < 4.78 is 44.4. The molecule has 2 amide bonds. The van der Waals surface area contributed by atoms with E-state index in [0.29, 0.717) is 18.0 Å². The van der Waals surface area contributed by atoms with Crippen molar-refractivity contribution in [2.75, 3.05) is 29.9 Å². The average Bonchev–Trinajstić information content (AvgIpc) is 2.71. The van der Waals surface area contributed by atoms with E-state index in [-0.39, 0.29) is 24.7 Å². The maximum atomic E-state index is 12.9. The first-order chi connectivity index (χ1) is 14.3. The van der Waals surface area contributed by atoms with Gasteiger partial charge >= 0.3 is 6.18 Å². The smallest absolute Gasteiger partial charge is 0.416 e. The number of halogens is 3. The molecule has 0 saturated heterocycles. The number of hydrogen-bond acceptors (Lipinski definition) is 4. The van der Waals surface area contributed by atoms with Gasteiger partial charge in [0.2, 0.25) is 5.91 Å². The summed E-state index contributed by atoms with van der Waals surface area (Å²) in [6, 6.07) is 11.4. The second-order valence-electron chi connectivity index (χ2n) is 6.87. The molecule has 2 aromatic carbocycles. The number of anilines is 2. The lowest BCUT2D eigenvalue weighted by atomic mass is 10.1. The molecule has 3 rings (SSSR count). The topological polar surface area (TPSA) is 70.7 Å². The number of nitrogens with one attached hydrogen (secondary N) is 2. The van der Waals surface area contributed by atoms with E-state index in [1.54, 1.807) is 29.2 Å². The number of carbonyl (C=O) groups excluding carboxylic acids is 2. The number of nitrogens with zero attached hydrogens (tertiary/aromatic N) is 1. The van der Waals surface area contributed by atoms with Gasteiger partial charge < -0.3 is 20.3 Å². The highest BCUT2D eigenvalue weighted by Crippen LogP contribution is 2.33. The highest BCUT2D eigenvalue weighted by Gasteiger charge is 2.32.